The molecule has 0 aliphatic rings. The van der Waals surface area contributed by atoms with Gasteiger partial charge < -0.3 is 5.32 Å². The molecule has 3 heteroatoms. The highest BCUT2D eigenvalue weighted by molar-refractivity contribution is 5.65. The van der Waals surface area contributed by atoms with Gasteiger partial charge in [0, 0.05) is 23.4 Å². The molecular weight excluding hydrogens is 258 g/mol. The molecule has 0 saturated carbocycles. The standard InChI is InChI=1S/C18H25N3/c1-7-15-14(6)20-18(21-17(15)19-8-2)16-10-12(4)11(3)9-13(16)5/h9-10H,7-8H2,1-6H3,(H,19,20,21). The van der Waals surface area contributed by atoms with E-state index in [4.69, 9.17) is 9.97 Å². The summed E-state index contributed by atoms with van der Waals surface area (Å²) >= 11 is 0. The zero-order valence-electron chi connectivity index (χ0n) is 14.0. The van der Waals surface area contributed by atoms with Gasteiger partial charge in [-0.25, -0.2) is 9.97 Å². The van der Waals surface area contributed by atoms with Gasteiger partial charge in [0.2, 0.25) is 0 Å². The van der Waals surface area contributed by atoms with Crippen LogP contribution < -0.4 is 5.32 Å². The molecule has 2 rings (SSSR count). The quantitative estimate of drug-likeness (QED) is 0.905. The Balaban J connectivity index is 2.62. The van der Waals surface area contributed by atoms with Gasteiger partial charge in [-0.1, -0.05) is 13.0 Å². The van der Waals surface area contributed by atoms with E-state index in [-0.39, 0.29) is 0 Å². The van der Waals surface area contributed by atoms with Crippen LogP contribution >= 0.6 is 0 Å². The van der Waals surface area contributed by atoms with Crippen LogP contribution in [0, 0.1) is 27.7 Å². The predicted octanol–water partition coefficient (Wildman–Crippen LogP) is 4.37. The Bertz CT molecular complexity index is 660. The zero-order valence-corrected chi connectivity index (χ0v) is 14.0. The van der Waals surface area contributed by atoms with Gasteiger partial charge in [0.05, 0.1) is 0 Å². The van der Waals surface area contributed by atoms with Crippen LogP contribution in [-0.4, -0.2) is 16.5 Å². The SMILES string of the molecule is CCNc1nc(-c2cc(C)c(C)cc2C)nc(C)c1CC. The molecule has 0 fully saturated rings. The molecule has 0 aliphatic carbocycles. The van der Waals surface area contributed by atoms with E-state index in [1.807, 2.05) is 0 Å². The highest BCUT2D eigenvalue weighted by atomic mass is 15.0. The first-order valence-corrected chi connectivity index (χ1v) is 7.67. The zero-order chi connectivity index (χ0) is 15.6. The van der Waals surface area contributed by atoms with Gasteiger partial charge >= 0.3 is 0 Å². The van der Waals surface area contributed by atoms with Crippen LogP contribution in [-0.2, 0) is 6.42 Å². The molecule has 21 heavy (non-hydrogen) atoms. The van der Waals surface area contributed by atoms with Crippen molar-refractivity contribution in [3.63, 3.8) is 0 Å². The van der Waals surface area contributed by atoms with Crippen molar-refractivity contribution in [1.29, 1.82) is 0 Å². The van der Waals surface area contributed by atoms with Crippen molar-refractivity contribution in [3.05, 3.63) is 40.1 Å². The Kier molecular flexibility index (Phi) is 4.61. The number of anilines is 1. The molecule has 1 heterocycles. The Morgan fingerprint density at radius 3 is 2.19 bits per heavy atom. The maximum absolute atomic E-state index is 4.77. The minimum atomic E-state index is 0.821. The van der Waals surface area contributed by atoms with Crippen LogP contribution in [0.2, 0.25) is 0 Å². The molecule has 2 aromatic rings. The van der Waals surface area contributed by atoms with Gasteiger partial charge in [0.25, 0.3) is 0 Å². The lowest BCUT2D eigenvalue weighted by Gasteiger charge is -2.15. The third-order valence-corrected chi connectivity index (χ3v) is 3.99. The Morgan fingerprint density at radius 2 is 1.57 bits per heavy atom. The van der Waals surface area contributed by atoms with Gasteiger partial charge in [-0.05, 0) is 63.8 Å². The topological polar surface area (TPSA) is 37.8 Å². The molecule has 0 radical (unpaired) electrons. The number of hydrogen-bond donors (Lipinski definition) is 1. The van der Waals surface area contributed by atoms with Gasteiger partial charge in [-0.3, -0.25) is 0 Å². The molecule has 0 unspecified atom stereocenters. The third kappa shape index (κ3) is 3.07. The third-order valence-electron chi connectivity index (χ3n) is 3.99. The van der Waals surface area contributed by atoms with Crippen molar-refractivity contribution in [2.24, 2.45) is 0 Å². The van der Waals surface area contributed by atoms with Crippen LogP contribution in [0.25, 0.3) is 11.4 Å². The highest BCUT2D eigenvalue weighted by Crippen LogP contribution is 2.27. The fourth-order valence-corrected chi connectivity index (χ4v) is 2.65. The molecule has 112 valence electrons. The highest BCUT2D eigenvalue weighted by Gasteiger charge is 2.13. The van der Waals surface area contributed by atoms with E-state index in [1.165, 1.54) is 22.3 Å². The number of aryl methyl sites for hydroxylation is 4. The lowest BCUT2D eigenvalue weighted by Crippen LogP contribution is -2.08. The molecule has 3 nitrogen and oxygen atoms in total. The summed E-state index contributed by atoms with van der Waals surface area (Å²) in [5.41, 5.74) is 7.22. The lowest BCUT2D eigenvalue weighted by atomic mass is 10.00. The van der Waals surface area contributed by atoms with Gasteiger partial charge in [0.1, 0.15) is 5.82 Å². The van der Waals surface area contributed by atoms with Gasteiger partial charge in [-0.2, -0.15) is 0 Å². The maximum atomic E-state index is 4.77. The van der Waals surface area contributed by atoms with Gasteiger partial charge in [-0.15, -0.1) is 0 Å². The van der Waals surface area contributed by atoms with Crippen molar-refractivity contribution >= 4 is 5.82 Å². The van der Waals surface area contributed by atoms with Crippen molar-refractivity contribution in [1.82, 2.24) is 9.97 Å². The molecular formula is C18H25N3. The number of rotatable bonds is 4. The predicted molar refractivity (Wildman–Crippen MR) is 90.0 cm³/mol. The normalized spacial score (nSPS) is 10.8. The van der Waals surface area contributed by atoms with E-state index < -0.39 is 0 Å². The first-order valence-electron chi connectivity index (χ1n) is 7.67. The number of hydrogen-bond acceptors (Lipinski definition) is 3. The lowest BCUT2D eigenvalue weighted by molar-refractivity contribution is 0.987. The molecule has 1 N–H and O–H groups in total. The summed E-state index contributed by atoms with van der Waals surface area (Å²) < 4.78 is 0. The van der Waals surface area contributed by atoms with Crippen LogP contribution in [0.5, 0.6) is 0 Å². The molecule has 0 spiro atoms. The number of benzene rings is 1. The van der Waals surface area contributed by atoms with E-state index in [9.17, 15) is 0 Å². The second kappa shape index (κ2) is 6.25. The van der Waals surface area contributed by atoms with E-state index >= 15 is 0 Å². The number of nitrogens with one attached hydrogen (secondary N) is 1. The van der Waals surface area contributed by atoms with Crippen LogP contribution in [0.3, 0.4) is 0 Å². The second-order valence-corrected chi connectivity index (χ2v) is 5.60. The smallest absolute Gasteiger partial charge is 0.162 e. The fourth-order valence-electron chi connectivity index (χ4n) is 2.65. The first-order chi connectivity index (χ1) is 9.97. The fraction of sp³-hybridized carbons (Fsp3) is 0.444. The Morgan fingerprint density at radius 1 is 0.905 bits per heavy atom. The average molecular weight is 283 g/mol. The van der Waals surface area contributed by atoms with E-state index in [0.717, 1.165) is 35.9 Å². The van der Waals surface area contributed by atoms with E-state index in [2.05, 4.69) is 59.0 Å². The summed E-state index contributed by atoms with van der Waals surface area (Å²) in [6.07, 6.45) is 0.945. The summed E-state index contributed by atoms with van der Waals surface area (Å²) in [6, 6.07) is 4.41. The summed E-state index contributed by atoms with van der Waals surface area (Å²) in [6.45, 7) is 13.6. The molecule has 0 atom stereocenters. The molecule has 0 aliphatic heterocycles. The van der Waals surface area contributed by atoms with Crippen LogP contribution in [0.4, 0.5) is 5.82 Å². The molecule has 0 saturated heterocycles. The Labute approximate surface area is 127 Å². The van der Waals surface area contributed by atoms with Crippen molar-refractivity contribution in [2.45, 2.75) is 48.0 Å². The minimum Gasteiger partial charge on any atom is -0.370 e. The molecule has 1 aromatic carbocycles. The van der Waals surface area contributed by atoms with Crippen molar-refractivity contribution in [2.75, 3.05) is 11.9 Å². The van der Waals surface area contributed by atoms with E-state index in [1.54, 1.807) is 0 Å². The van der Waals surface area contributed by atoms with Crippen molar-refractivity contribution < 1.29 is 0 Å². The minimum absolute atomic E-state index is 0.821. The van der Waals surface area contributed by atoms with E-state index in [0.29, 0.717) is 0 Å². The largest absolute Gasteiger partial charge is 0.370 e. The second-order valence-electron chi connectivity index (χ2n) is 5.60. The van der Waals surface area contributed by atoms with Crippen LogP contribution in [0.15, 0.2) is 12.1 Å². The Hall–Kier alpha value is -1.90. The van der Waals surface area contributed by atoms with Crippen molar-refractivity contribution in [3.8, 4) is 11.4 Å². The molecule has 1 aromatic heterocycles. The summed E-state index contributed by atoms with van der Waals surface area (Å²) in [7, 11) is 0. The summed E-state index contributed by atoms with van der Waals surface area (Å²) in [4.78, 5) is 9.51. The molecule has 0 amide bonds. The van der Waals surface area contributed by atoms with Crippen LogP contribution in [0.1, 0.15) is 41.8 Å². The average Bonchev–Trinajstić information content (AvgIpc) is 2.43. The summed E-state index contributed by atoms with van der Waals surface area (Å²) in [5, 5.41) is 3.37. The number of aromatic nitrogens is 2. The monoisotopic (exact) mass is 283 g/mol. The first kappa shape index (κ1) is 15.5. The maximum Gasteiger partial charge on any atom is 0.162 e. The molecule has 0 bridgehead atoms. The summed E-state index contributed by atoms with van der Waals surface area (Å²) in [5.74, 6) is 1.79. The van der Waals surface area contributed by atoms with Gasteiger partial charge in [0.15, 0.2) is 5.82 Å². The number of nitrogens with zero attached hydrogens (tertiary/aromatic N) is 2.